The van der Waals surface area contributed by atoms with Gasteiger partial charge in [0.15, 0.2) is 0 Å². The first kappa shape index (κ1) is 11.0. The number of ether oxygens (including phenoxy) is 1. The average Bonchev–Trinajstić information content (AvgIpc) is 2.73. The number of aromatic amines is 1. The molecule has 3 nitrogen and oxygen atoms in total. The first-order chi connectivity index (χ1) is 7.77. The summed E-state index contributed by atoms with van der Waals surface area (Å²) in [5.74, 6) is 0.837. The van der Waals surface area contributed by atoms with Crippen molar-refractivity contribution in [3.05, 3.63) is 30.0 Å². The third-order valence-electron chi connectivity index (χ3n) is 2.74. The van der Waals surface area contributed by atoms with E-state index in [1.165, 1.54) is 0 Å². The summed E-state index contributed by atoms with van der Waals surface area (Å²) in [6.45, 7) is 4.56. The minimum absolute atomic E-state index is 0.435. The second-order valence-electron chi connectivity index (χ2n) is 3.78. The van der Waals surface area contributed by atoms with Gasteiger partial charge in [-0.15, -0.1) is 0 Å². The maximum absolute atomic E-state index is 9.93. The lowest BCUT2D eigenvalue weighted by Crippen LogP contribution is -1.96. The Kier molecular flexibility index (Phi) is 3.15. The van der Waals surface area contributed by atoms with Crippen LogP contribution in [0.4, 0.5) is 0 Å². The number of fused-ring (bicyclic) bond motifs is 1. The molecule has 16 heavy (non-hydrogen) atoms. The highest BCUT2D eigenvalue weighted by Crippen LogP contribution is 2.33. The first-order valence-electron chi connectivity index (χ1n) is 5.68. The monoisotopic (exact) mass is 219 g/mol. The Labute approximate surface area is 95.1 Å². The van der Waals surface area contributed by atoms with Crippen LogP contribution in [-0.4, -0.2) is 16.7 Å². The minimum atomic E-state index is -0.435. The summed E-state index contributed by atoms with van der Waals surface area (Å²) >= 11 is 0. The van der Waals surface area contributed by atoms with E-state index in [0.29, 0.717) is 13.0 Å². The quantitative estimate of drug-likeness (QED) is 0.830. The van der Waals surface area contributed by atoms with Crippen molar-refractivity contribution in [2.24, 2.45) is 0 Å². The molecule has 1 aromatic carbocycles. The summed E-state index contributed by atoms with van der Waals surface area (Å²) in [6.07, 6.45) is 2.13. The van der Waals surface area contributed by atoms with Gasteiger partial charge in [0.2, 0.25) is 0 Å². The van der Waals surface area contributed by atoms with Crippen LogP contribution in [0.5, 0.6) is 5.75 Å². The van der Waals surface area contributed by atoms with E-state index in [4.69, 9.17) is 4.74 Å². The Balaban J connectivity index is 2.58. The molecule has 0 saturated heterocycles. The van der Waals surface area contributed by atoms with E-state index >= 15 is 0 Å². The van der Waals surface area contributed by atoms with Gasteiger partial charge < -0.3 is 14.8 Å². The van der Waals surface area contributed by atoms with E-state index in [1.54, 1.807) is 0 Å². The Morgan fingerprint density at radius 2 is 2.19 bits per heavy atom. The lowest BCUT2D eigenvalue weighted by atomic mass is 10.1. The van der Waals surface area contributed by atoms with Crippen LogP contribution < -0.4 is 4.74 Å². The molecule has 2 aromatic rings. The molecule has 0 unspecified atom stereocenters. The van der Waals surface area contributed by atoms with Crippen molar-refractivity contribution in [2.75, 3.05) is 6.61 Å². The zero-order valence-electron chi connectivity index (χ0n) is 9.66. The summed E-state index contributed by atoms with van der Waals surface area (Å²) in [7, 11) is 0. The third-order valence-corrected chi connectivity index (χ3v) is 2.74. The molecule has 0 saturated carbocycles. The number of rotatable bonds is 4. The first-order valence-corrected chi connectivity index (χ1v) is 5.68. The molecule has 2 N–H and O–H groups in total. The van der Waals surface area contributed by atoms with E-state index in [1.807, 2.05) is 38.2 Å². The highest BCUT2D eigenvalue weighted by molar-refractivity contribution is 5.89. The van der Waals surface area contributed by atoms with Crippen molar-refractivity contribution in [2.45, 2.75) is 26.4 Å². The molecule has 0 aliphatic heterocycles. The Hall–Kier alpha value is -1.48. The van der Waals surface area contributed by atoms with Gasteiger partial charge in [-0.25, -0.2) is 0 Å². The van der Waals surface area contributed by atoms with E-state index in [-0.39, 0.29) is 0 Å². The number of aromatic nitrogens is 1. The fourth-order valence-electron chi connectivity index (χ4n) is 1.94. The number of benzene rings is 1. The Morgan fingerprint density at radius 3 is 2.88 bits per heavy atom. The van der Waals surface area contributed by atoms with Crippen molar-refractivity contribution >= 4 is 10.9 Å². The van der Waals surface area contributed by atoms with Crippen LogP contribution in [0.25, 0.3) is 10.9 Å². The molecule has 0 aliphatic carbocycles. The zero-order valence-corrected chi connectivity index (χ0v) is 9.66. The molecular weight excluding hydrogens is 202 g/mol. The SMILES string of the molecule is CCOc1cccc2[nH]cc([C@H](O)CC)c12. The Morgan fingerprint density at radius 1 is 1.38 bits per heavy atom. The van der Waals surface area contributed by atoms with Gasteiger partial charge >= 0.3 is 0 Å². The van der Waals surface area contributed by atoms with Crippen molar-refractivity contribution in [1.82, 2.24) is 4.98 Å². The van der Waals surface area contributed by atoms with E-state index in [2.05, 4.69) is 4.98 Å². The standard InChI is InChI=1S/C13H17NO2/c1-3-11(15)9-8-14-10-6-5-7-12(13(9)10)16-4-2/h5-8,11,14-15H,3-4H2,1-2H3/t11-/m1/s1. The van der Waals surface area contributed by atoms with Crippen LogP contribution in [-0.2, 0) is 0 Å². The minimum Gasteiger partial charge on any atom is -0.493 e. The number of H-pyrrole nitrogens is 1. The Bertz CT molecular complexity index is 476. The van der Waals surface area contributed by atoms with Gasteiger partial charge in [-0.1, -0.05) is 13.0 Å². The van der Waals surface area contributed by atoms with Crippen LogP contribution in [0.1, 0.15) is 31.9 Å². The lowest BCUT2D eigenvalue weighted by Gasteiger charge is -2.10. The van der Waals surface area contributed by atoms with Gasteiger partial charge in [-0.2, -0.15) is 0 Å². The predicted molar refractivity (Wildman–Crippen MR) is 64.7 cm³/mol. The number of aliphatic hydroxyl groups is 1. The predicted octanol–water partition coefficient (Wildman–Crippen LogP) is 3.01. The highest BCUT2D eigenvalue weighted by Gasteiger charge is 2.14. The molecule has 0 fully saturated rings. The van der Waals surface area contributed by atoms with Crippen LogP contribution in [0.3, 0.4) is 0 Å². The fourth-order valence-corrected chi connectivity index (χ4v) is 1.94. The van der Waals surface area contributed by atoms with Gasteiger partial charge in [0, 0.05) is 22.7 Å². The summed E-state index contributed by atoms with van der Waals surface area (Å²) in [5, 5.41) is 10.9. The maximum Gasteiger partial charge on any atom is 0.129 e. The molecule has 1 aromatic heterocycles. The summed E-state index contributed by atoms with van der Waals surface area (Å²) in [5.41, 5.74) is 1.93. The average molecular weight is 219 g/mol. The van der Waals surface area contributed by atoms with Crippen LogP contribution in [0, 0.1) is 0 Å². The molecule has 0 bridgehead atoms. The number of aliphatic hydroxyl groups excluding tert-OH is 1. The number of hydrogen-bond donors (Lipinski definition) is 2. The van der Waals surface area contributed by atoms with Crippen molar-refractivity contribution in [1.29, 1.82) is 0 Å². The van der Waals surface area contributed by atoms with Crippen molar-refractivity contribution in [3.63, 3.8) is 0 Å². The van der Waals surface area contributed by atoms with Crippen LogP contribution in [0.15, 0.2) is 24.4 Å². The largest absolute Gasteiger partial charge is 0.493 e. The van der Waals surface area contributed by atoms with Crippen LogP contribution in [0.2, 0.25) is 0 Å². The summed E-state index contributed by atoms with van der Waals surface area (Å²) in [4.78, 5) is 3.16. The fraction of sp³-hybridized carbons (Fsp3) is 0.385. The van der Waals surface area contributed by atoms with Gasteiger partial charge in [0.1, 0.15) is 5.75 Å². The molecule has 0 aliphatic rings. The second-order valence-corrected chi connectivity index (χ2v) is 3.78. The van der Waals surface area contributed by atoms with Gasteiger partial charge in [-0.3, -0.25) is 0 Å². The third kappa shape index (κ3) is 1.78. The zero-order chi connectivity index (χ0) is 11.5. The van der Waals surface area contributed by atoms with E-state index in [0.717, 1.165) is 22.2 Å². The molecule has 2 rings (SSSR count). The lowest BCUT2D eigenvalue weighted by molar-refractivity contribution is 0.175. The number of nitrogens with one attached hydrogen (secondary N) is 1. The molecule has 1 atom stereocenters. The molecule has 0 radical (unpaired) electrons. The normalized spacial score (nSPS) is 12.9. The maximum atomic E-state index is 9.93. The molecule has 86 valence electrons. The highest BCUT2D eigenvalue weighted by atomic mass is 16.5. The molecule has 3 heteroatoms. The molecule has 0 spiro atoms. The molecule has 0 amide bonds. The van der Waals surface area contributed by atoms with Gasteiger partial charge in [-0.05, 0) is 25.5 Å². The summed E-state index contributed by atoms with van der Waals surface area (Å²) in [6, 6.07) is 5.88. The topological polar surface area (TPSA) is 45.2 Å². The smallest absolute Gasteiger partial charge is 0.129 e. The van der Waals surface area contributed by atoms with Gasteiger partial charge in [0.25, 0.3) is 0 Å². The van der Waals surface area contributed by atoms with Crippen molar-refractivity contribution < 1.29 is 9.84 Å². The van der Waals surface area contributed by atoms with Crippen LogP contribution >= 0.6 is 0 Å². The molecule has 1 heterocycles. The van der Waals surface area contributed by atoms with Crippen molar-refractivity contribution in [3.8, 4) is 5.75 Å². The second kappa shape index (κ2) is 4.58. The van der Waals surface area contributed by atoms with E-state index < -0.39 is 6.10 Å². The summed E-state index contributed by atoms with van der Waals surface area (Å²) < 4.78 is 5.58. The van der Waals surface area contributed by atoms with E-state index in [9.17, 15) is 5.11 Å². The number of hydrogen-bond acceptors (Lipinski definition) is 2. The van der Waals surface area contributed by atoms with Gasteiger partial charge in [0.05, 0.1) is 12.7 Å². The molecular formula is C13H17NO2.